The van der Waals surface area contributed by atoms with Gasteiger partial charge in [0.15, 0.2) is 2.14 Å². The van der Waals surface area contributed by atoms with Crippen LogP contribution in [0.25, 0.3) is 0 Å². The zero-order valence-electron chi connectivity index (χ0n) is 10.2. The van der Waals surface area contributed by atoms with Crippen molar-refractivity contribution in [2.45, 2.75) is 14.6 Å². The lowest BCUT2D eigenvalue weighted by molar-refractivity contribution is -0.139. The summed E-state index contributed by atoms with van der Waals surface area (Å²) in [5.74, 6) is -1.12. The molecule has 0 saturated heterocycles. The first-order chi connectivity index (χ1) is 9.28. The largest absolute Gasteiger partial charge is 0.480 e. The van der Waals surface area contributed by atoms with Crippen LogP contribution in [0, 0.1) is 0 Å². The van der Waals surface area contributed by atoms with E-state index in [0.717, 1.165) is 5.56 Å². The summed E-state index contributed by atoms with van der Waals surface area (Å²) in [6, 6.07) is 8.00. The highest BCUT2D eigenvalue weighted by atomic mass is 80.0. The van der Waals surface area contributed by atoms with Gasteiger partial charge in [-0.15, -0.1) is 0 Å². The van der Waals surface area contributed by atoms with Gasteiger partial charge in [-0.05, 0) is 5.56 Å². The number of nitrogens with one attached hydrogen (secondary N) is 1. The smallest absolute Gasteiger partial charge is 0.407 e. The van der Waals surface area contributed by atoms with E-state index < -0.39 is 20.2 Å². The van der Waals surface area contributed by atoms with Gasteiger partial charge in [-0.2, -0.15) is 0 Å². The number of rotatable bonds is 5. The quantitative estimate of drug-likeness (QED) is 0.644. The molecule has 0 spiro atoms. The number of carboxylic acids is 1. The summed E-state index contributed by atoms with van der Waals surface area (Å²) < 4.78 is 4.15. The molecule has 1 rings (SSSR count). The number of hydrogen-bond acceptors (Lipinski definition) is 3. The fourth-order valence-electron chi connectivity index (χ4n) is 1.38. The molecule has 1 atom stereocenters. The second-order valence-electron chi connectivity index (χ2n) is 3.92. The average Bonchev–Trinajstić information content (AvgIpc) is 2.36. The number of halogens is 3. The lowest BCUT2D eigenvalue weighted by Crippen LogP contribution is -2.43. The molecule has 0 heterocycles. The Morgan fingerprint density at radius 1 is 1.25 bits per heavy atom. The van der Waals surface area contributed by atoms with Crippen LogP contribution in [0.2, 0.25) is 0 Å². The Balaban J connectivity index is 2.55. The van der Waals surface area contributed by atoms with E-state index in [4.69, 9.17) is 9.84 Å². The minimum absolute atomic E-state index is 0.0174. The second-order valence-corrected chi connectivity index (χ2v) is 11.2. The molecule has 1 amide bonds. The van der Waals surface area contributed by atoms with Crippen molar-refractivity contribution in [3.05, 3.63) is 35.9 Å². The average molecular weight is 474 g/mol. The van der Waals surface area contributed by atoms with Crippen molar-refractivity contribution in [2.24, 2.45) is 0 Å². The summed E-state index contributed by atoms with van der Waals surface area (Å²) in [6.45, 7) is -0.0174. The topological polar surface area (TPSA) is 75.6 Å². The van der Waals surface area contributed by atoms with Gasteiger partial charge < -0.3 is 15.2 Å². The monoisotopic (exact) mass is 471 g/mol. The number of carboxylic acid groups (broad SMARTS) is 1. The number of alkyl halides is 3. The Morgan fingerprint density at radius 2 is 1.85 bits per heavy atom. The first kappa shape index (κ1) is 17.5. The fraction of sp³-hybridized carbons (Fsp3) is 0.333. The van der Waals surface area contributed by atoms with Crippen LogP contribution in [-0.4, -0.2) is 32.0 Å². The van der Waals surface area contributed by atoms with Crippen molar-refractivity contribution in [3.8, 4) is 0 Å². The molecule has 0 aliphatic rings. The van der Waals surface area contributed by atoms with Crippen molar-refractivity contribution >= 4 is 59.9 Å². The minimum atomic E-state index is -1.12. The van der Waals surface area contributed by atoms with Gasteiger partial charge in [0.2, 0.25) is 0 Å². The Bertz CT molecular complexity index is 462. The molecule has 0 bridgehead atoms. The minimum Gasteiger partial charge on any atom is -0.480 e. The predicted octanol–water partition coefficient (Wildman–Crippen LogP) is 3.25. The van der Waals surface area contributed by atoms with Gasteiger partial charge in [-0.25, -0.2) is 9.59 Å². The molecule has 1 aromatic carbocycles. The van der Waals surface area contributed by atoms with Gasteiger partial charge in [0.1, 0.15) is 12.6 Å². The third-order valence-corrected chi connectivity index (χ3v) is 2.93. The van der Waals surface area contributed by atoms with E-state index in [-0.39, 0.29) is 13.0 Å². The molecule has 0 radical (unpaired) electrons. The summed E-state index contributed by atoms with van der Waals surface area (Å²) in [7, 11) is 0. The van der Waals surface area contributed by atoms with E-state index in [2.05, 4.69) is 53.1 Å². The van der Waals surface area contributed by atoms with E-state index >= 15 is 0 Å². The summed E-state index contributed by atoms with van der Waals surface area (Å²) in [5.41, 5.74) is 0.816. The molecule has 110 valence electrons. The molecule has 0 aliphatic carbocycles. The van der Waals surface area contributed by atoms with Crippen molar-refractivity contribution in [1.82, 2.24) is 5.32 Å². The van der Waals surface area contributed by atoms with Gasteiger partial charge in [-0.1, -0.05) is 78.1 Å². The number of benzene rings is 1. The van der Waals surface area contributed by atoms with Crippen molar-refractivity contribution in [2.75, 3.05) is 6.61 Å². The molecular formula is C12H12Br3NO4. The zero-order chi connectivity index (χ0) is 15.2. The highest BCUT2D eigenvalue weighted by molar-refractivity contribution is 9.39. The van der Waals surface area contributed by atoms with Crippen LogP contribution in [-0.2, 0) is 16.0 Å². The maximum atomic E-state index is 11.5. The Morgan fingerprint density at radius 3 is 2.35 bits per heavy atom. The van der Waals surface area contributed by atoms with E-state index in [9.17, 15) is 9.59 Å². The number of hydrogen-bond donors (Lipinski definition) is 2. The summed E-state index contributed by atoms with van der Waals surface area (Å²) >= 11 is 9.50. The Labute approximate surface area is 141 Å². The number of carbonyl (C=O) groups is 2. The lowest BCUT2D eigenvalue weighted by atomic mass is 10.1. The van der Waals surface area contributed by atoms with Crippen LogP contribution in [0.3, 0.4) is 0 Å². The molecule has 1 aromatic rings. The number of alkyl carbamates (subject to hydrolysis) is 1. The van der Waals surface area contributed by atoms with Crippen molar-refractivity contribution < 1.29 is 19.4 Å². The molecule has 0 aromatic heterocycles. The molecule has 0 saturated carbocycles. The van der Waals surface area contributed by atoms with E-state index in [1.807, 2.05) is 6.07 Å². The molecule has 2 N–H and O–H groups in total. The van der Waals surface area contributed by atoms with Gasteiger partial charge in [0.25, 0.3) is 0 Å². The molecule has 0 fully saturated rings. The standard InChI is InChI=1S/C12H12Br3NO4/c13-12(14,15)7-20-11(19)16-9(10(17)18)6-8-4-2-1-3-5-8/h1-5,9H,6-7H2,(H,16,19)(H,17,18)/t9-/m0/s1. The normalized spacial score (nSPS) is 12.6. The van der Waals surface area contributed by atoms with Crippen LogP contribution in [0.5, 0.6) is 0 Å². The van der Waals surface area contributed by atoms with Gasteiger partial charge in [-0.3, -0.25) is 0 Å². The van der Waals surface area contributed by atoms with Gasteiger partial charge in [0, 0.05) is 6.42 Å². The van der Waals surface area contributed by atoms with Gasteiger partial charge >= 0.3 is 12.1 Å². The highest BCUT2D eigenvalue weighted by Crippen LogP contribution is 2.33. The van der Waals surface area contributed by atoms with Crippen molar-refractivity contribution in [1.29, 1.82) is 0 Å². The summed E-state index contributed by atoms with van der Waals surface area (Å²) in [4.78, 5) is 22.7. The number of carbonyl (C=O) groups excluding carboxylic acids is 1. The predicted molar refractivity (Wildman–Crippen MR) is 85.6 cm³/mol. The van der Waals surface area contributed by atoms with E-state index in [0.29, 0.717) is 0 Å². The van der Waals surface area contributed by atoms with Crippen LogP contribution in [0.1, 0.15) is 5.56 Å². The number of aliphatic carboxylic acids is 1. The van der Waals surface area contributed by atoms with Crippen LogP contribution < -0.4 is 5.32 Å². The van der Waals surface area contributed by atoms with Crippen LogP contribution in [0.4, 0.5) is 4.79 Å². The molecule has 0 aliphatic heterocycles. The SMILES string of the molecule is O=C(N[C@@H](Cc1ccccc1)C(=O)O)OCC(Br)(Br)Br. The number of amides is 1. The molecule has 8 heteroatoms. The van der Waals surface area contributed by atoms with Crippen LogP contribution >= 0.6 is 47.8 Å². The fourth-order valence-corrected chi connectivity index (χ4v) is 1.72. The number of ether oxygens (including phenoxy) is 1. The lowest BCUT2D eigenvalue weighted by Gasteiger charge is -2.17. The van der Waals surface area contributed by atoms with E-state index in [1.54, 1.807) is 24.3 Å². The maximum Gasteiger partial charge on any atom is 0.407 e. The molecular weight excluding hydrogens is 462 g/mol. The molecule has 5 nitrogen and oxygen atoms in total. The third-order valence-electron chi connectivity index (χ3n) is 2.24. The van der Waals surface area contributed by atoms with E-state index in [1.165, 1.54) is 0 Å². The third kappa shape index (κ3) is 7.25. The Hall–Kier alpha value is -0.600. The maximum absolute atomic E-state index is 11.5. The summed E-state index contributed by atoms with van der Waals surface area (Å²) in [5, 5.41) is 11.4. The van der Waals surface area contributed by atoms with Crippen LogP contribution in [0.15, 0.2) is 30.3 Å². The molecule has 20 heavy (non-hydrogen) atoms. The second kappa shape index (κ2) is 7.99. The first-order valence-corrected chi connectivity index (χ1v) is 7.92. The Kier molecular flexibility index (Phi) is 6.97. The highest BCUT2D eigenvalue weighted by Gasteiger charge is 2.24. The first-order valence-electron chi connectivity index (χ1n) is 5.54. The summed E-state index contributed by atoms with van der Waals surface area (Å²) in [6.07, 6.45) is -0.607. The van der Waals surface area contributed by atoms with Gasteiger partial charge in [0.05, 0.1) is 0 Å². The molecule has 0 unspecified atom stereocenters. The van der Waals surface area contributed by atoms with Crippen molar-refractivity contribution in [3.63, 3.8) is 0 Å². The zero-order valence-corrected chi connectivity index (χ0v) is 14.9.